The van der Waals surface area contributed by atoms with Gasteiger partial charge in [0.2, 0.25) is 0 Å². The van der Waals surface area contributed by atoms with Crippen molar-refractivity contribution in [2.45, 2.75) is 38.6 Å². The Morgan fingerprint density at radius 2 is 1.77 bits per heavy atom. The Bertz CT molecular complexity index is 1150. The van der Waals surface area contributed by atoms with Gasteiger partial charge >= 0.3 is 0 Å². The molecule has 0 aliphatic carbocycles. The van der Waals surface area contributed by atoms with E-state index in [4.69, 9.17) is 9.72 Å². The van der Waals surface area contributed by atoms with Crippen LogP contribution in [-0.4, -0.2) is 71.7 Å². The highest BCUT2D eigenvalue weighted by atomic mass is 16.5. The molecule has 8 nitrogen and oxygen atoms in total. The van der Waals surface area contributed by atoms with Gasteiger partial charge in [-0.1, -0.05) is 19.9 Å². The monoisotopic (exact) mass is 474 g/mol. The standard InChI is InChI=1S/C27H34N6O2/c1-19(2)26-28-16-20(17-29-26)24(32-12-14-35-15-13-32)18-30-27(34)22-6-5-7-23-21(22)8-9-25(31-23)33-10-3-4-11-33/h5-9,16-17,19,24H,3-4,10-15,18H2,1-2H3,(H,30,34). The molecule has 0 bridgehead atoms. The zero-order valence-electron chi connectivity index (χ0n) is 20.6. The van der Waals surface area contributed by atoms with Crippen LogP contribution < -0.4 is 10.2 Å². The molecule has 8 heteroatoms. The van der Waals surface area contributed by atoms with Gasteiger partial charge in [0.05, 0.1) is 24.8 Å². The van der Waals surface area contributed by atoms with Crippen molar-refractivity contribution < 1.29 is 9.53 Å². The largest absolute Gasteiger partial charge is 0.379 e. The molecule has 1 atom stereocenters. The van der Waals surface area contributed by atoms with Gasteiger partial charge in [-0.25, -0.2) is 15.0 Å². The number of ether oxygens (including phenoxy) is 1. The highest BCUT2D eigenvalue weighted by Crippen LogP contribution is 2.25. The number of amides is 1. The molecular weight excluding hydrogens is 440 g/mol. The molecule has 4 heterocycles. The molecule has 1 aromatic carbocycles. The number of fused-ring (bicyclic) bond motifs is 1. The molecule has 184 valence electrons. The summed E-state index contributed by atoms with van der Waals surface area (Å²) in [5.74, 6) is 2.00. The highest BCUT2D eigenvalue weighted by molar-refractivity contribution is 6.06. The quantitative estimate of drug-likeness (QED) is 0.561. The number of carbonyl (C=O) groups excluding carboxylic acids is 1. The van der Waals surface area contributed by atoms with Crippen LogP contribution in [0.5, 0.6) is 0 Å². The SMILES string of the molecule is CC(C)c1ncc(C(CNC(=O)c2cccc3nc(N4CCCC4)ccc23)N2CCOCC2)cn1. The van der Waals surface area contributed by atoms with Crippen molar-refractivity contribution in [3.05, 3.63) is 59.7 Å². The number of nitrogens with one attached hydrogen (secondary N) is 1. The first-order valence-electron chi connectivity index (χ1n) is 12.7. The summed E-state index contributed by atoms with van der Waals surface area (Å²) in [5.41, 5.74) is 2.51. The summed E-state index contributed by atoms with van der Waals surface area (Å²) in [6.07, 6.45) is 6.21. The third-order valence-corrected chi connectivity index (χ3v) is 6.93. The summed E-state index contributed by atoms with van der Waals surface area (Å²) in [7, 11) is 0. The number of anilines is 1. The number of aromatic nitrogens is 3. The summed E-state index contributed by atoms with van der Waals surface area (Å²) >= 11 is 0. The molecule has 2 saturated heterocycles. The van der Waals surface area contributed by atoms with E-state index < -0.39 is 0 Å². The van der Waals surface area contributed by atoms with Gasteiger partial charge in [0, 0.05) is 67.5 Å². The maximum absolute atomic E-state index is 13.3. The molecule has 2 aromatic heterocycles. The zero-order chi connectivity index (χ0) is 24.2. The van der Waals surface area contributed by atoms with Crippen LogP contribution >= 0.6 is 0 Å². The van der Waals surface area contributed by atoms with Gasteiger partial charge in [0.1, 0.15) is 11.6 Å². The Labute approximate surface area is 206 Å². The van der Waals surface area contributed by atoms with Crippen molar-refractivity contribution in [1.29, 1.82) is 0 Å². The second kappa shape index (κ2) is 10.7. The van der Waals surface area contributed by atoms with Gasteiger partial charge in [-0.3, -0.25) is 9.69 Å². The maximum Gasteiger partial charge on any atom is 0.252 e. The van der Waals surface area contributed by atoms with Crippen LogP contribution in [0.1, 0.15) is 60.4 Å². The zero-order valence-corrected chi connectivity index (χ0v) is 20.6. The number of nitrogens with zero attached hydrogens (tertiary/aromatic N) is 5. The molecule has 0 radical (unpaired) electrons. The Kier molecular flexibility index (Phi) is 7.20. The van der Waals surface area contributed by atoms with Crippen LogP contribution in [-0.2, 0) is 4.74 Å². The van der Waals surface area contributed by atoms with Crippen LogP contribution in [0.4, 0.5) is 5.82 Å². The van der Waals surface area contributed by atoms with E-state index in [1.807, 2.05) is 42.7 Å². The molecule has 2 aliphatic rings. The molecule has 2 aliphatic heterocycles. The molecule has 0 saturated carbocycles. The van der Waals surface area contributed by atoms with Crippen molar-refractivity contribution in [2.24, 2.45) is 0 Å². The Morgan fingerprint density at radius 1 is 1.03 bits per heavy atom. The number of hydrogen-bond acceptors (Lipinski definition) is 7. The van der Waals surface area contributed by atoms with E-state index in [2.05, 4.69) is 38.9 Å². The number of hydrogen-bond donors (Lipinski definition) is 1. The fourth-order valence-electron chi connectivity index (χ4n) is 4.91. The second-order valence-electron chi connectivity index (χ2n) is 9.64. The minimum absolute atomic E-state index is 0.0149. The van der Waals surface area contributed by atoms with Crippen LogP contribution in [0.15, 0.2) is 42.7 Å². The first-order chi connectivity index (χ1) is 17.1. The van der Waals surface area contributed by atoms with E-state index in [0.717, 1.165) is 54.3 Å². The Hall–Kier alpha value is -3.10. The summed E-state index contributed by atoms with van der Waals surface area (Å²) in [6.45, 7) is 9.72. The van der Waals surface area contributed by atoms with E-state index in [1.54, 1.807) is 0 Å². The Morgan fingerprint density at radius 3 is 2.49 bits per heavy atom. The van der Waals surface area contributed by atoms with Crippen molar-refractivity contribution in [2.75, 3.05) is 50.8 Å². The molecule has 35 heavy (non-hydrogen) atoms. The van der Waals surface area contributed by atoms with Crippen molar-refractivity contribution >= 4 is 22.6 Å². The summed E-state index contributed by atoms with van der Waals surface area (Å²) in [5, 5.41) is 4.05. The lowest BCUT2D eigenvalue weighted by molar-refractivity contribution is 0.0161. The molecule has 3 aromatic rings. The lowest BCUT2D eigenvalue weighted by atomic mass is 10.1. The predicted molar refractivity (Wildman–Crippen MR) is 137 cm³/mol. The van der Waals surface area contributed by atoms with Crippen molar-refractivity contribution in [1.82, 2.24) is 25.2 Å². The van der Waals surface area contributed by atoms with E-state index in [1.165, 1.54) is 12.8 Å². The van der Waals surface area contributed by atoms with Gasteiger partial charge in [0.25, 0.3) is 5.91 Å². The molecule has 5 rings (SSSR count). The number of morpholine rings is 1. The van der Waals surface area contributed by atoms with Crippen LogP contribution in [0, 0.1) is 0 Å². The number of rotatable bonds is 7. The van der Waals surface area contributed by atoms with Gasteiger partial charge in [-0.2, -0.15) is 0 Å². The summed E-state index contributed by atoms with van der Waals surface area (Å²) in [6, 6.07) is 9.82. The lowest BCUT2D eigenvalue weighted by Gasteiger charge is -2.34. The predicted octanol–water partition coefficient (Wildman–Crippen LogP) is 3.55. The van der Waals surface area contributed by atoms with E-state index in [-0.39, 0.29) is 17.9 Å². The van der Waals surface area contributed by atoms with Gasteiger partial charge < -0.3 is 15.0 Å². The van der Waals surface area contributed by atoms with Gasteiger partial charge in [-0.05, 0) is 37.1 Å². The van der Waals surface area contributed by atoms with Gasteiger partial charge in [0.15, 0.2) is 0 Å². The third-order valence-electron chi connectivity index (χ3n) is 6.93. The summed E-state index contributed by atoms with van der Waals surface area (Å²) in [4.78, 5) is 32.0. The minimum atomic E-state index is -0.0932. The first kappa shape index (κ1) is 23.6. The van der Waals surface area contributed by atoms with Gasteiger partial charge in [-0.15, -0.1) is 0 Å². The number of benzene rings is 1. The molecule has 1 N–H and O–H groups in total. The average Bonchev–Trinajstić information content (AvgIpc) is 3.44. The van der Waals surface area contributed by atoms with Crippen LogP contribution in [0.25, 0.3) is 10.9 Å². The first-order valence-corrected chi connectivity index (χ1v) is 12.7. The maximum atomic E-state index is 13.3. The smallest absolute Gasteiger partial charge is 0.252 e. The highest BCUT2D eigenvalue weighted by Gasteiger charge is 2.25. The van der Waals surface area contributed by atoms with Crippen LogP contribution in [0.2, 0.25) is 0 Å². The summed E-state index contributed by atoms with van der Waals surface area (Å²) < 4.78 is 5.56. The van der Waals surface area contributed by atoms with Crippen LogP contribution in [0.3, 0.4) is 0 Å². The topological polar surface area (TPSA) is 83.5 Å². The molecule has 2 fully saturated rings. The second-order valence-corrected chi connectivity index (χ2v) is 9.64. The number of carbonyl (C=O) groups is 1. The fourth-order valence-corrected chi connectivity index (χ4v) is 4.91. The molecular formula is C27H34N6O2. The Balaban J connectivity index is 1.35. The molecule has 1 amide bonds. The number of pyridine rings is 1. The normalized spacial score (nSPS) is 17.7. The fraction of sp³-hybridized carbons (Fsp3) is 0.481. The minimum Gasteiger partial charge on any atom is -0.379 e. The molecule has 0 spiro atoms. The van der Waals surface area contributed by atoms with Crippen molar-refractivity contribution in [3.8, 4) is 0 Å². The lowest BCUT2D eigenvalue weighted by Crippen LogP contribution is -2.44. The van der Waals surface area contributed by atoms with E-state index >= 15 is 0 Å². The molecule has 1 unspecified atom stereocenters. The van der Waals surface area contributed by atoms with E-state index in [0.29, 0.717) is 25.3 Å². The third kappa shape index (κ3) is 5.28. The van der Waals surface area contributed by atoms with E-state index in [9.17, 15) is 4.79 Å². The average molecular weight is 475 g/mol. The van der Waals surface area contributed by atoms with Crippen molar-refractivity contribution in [3.63, 3.8) is 0 Å².